The Bertz CT molecular complexity index is 388. The number of alkyl carbamates (subject to hydrolysis) is 1. The zero-order valence-corrected chi connectivity index (χ0v) is 17.9. The van der Waals surface area contributed by atoms with Crippen LogP contribution >= 0.6 is 0 Å². The molecule has 1 atom stereocenters. The minimum Gasteiger partial charge on any atom is -0.464 e. The van der Waals surface area contributed by atoms with Crippen molar-refractivity contribution < 1.29 is 19.1 Å². The van der Waals surface area contributed by atoms with Crippen molar-refractivity contribution in [2.24, 2.45) is 11.3 Å². The van der Waals surface area contributed by atoms with Crippen LogP contribution in [0.2, 0.25) is 0 Å². The fourth-order valence-corrected chi connectivity index (χ4v) is 2.48. The van der Waals surface area contributed by atoms with Gasteiger partial charge in [-0.1, -0.05) is 80.1 Å². The summed E-state index contributed by atoms with van der Waals surface area (Å²) in [5, 5.41) is 2.66. The monoisotopic (exact) mass is 371 g/mol. The van der Waals surface area contributed by atoms with Crippen LogP contribution in [0.25, 0.3) is 0 Å². The molecule has 1 amide bonds. The molecule has 0 aliphatic heterocycles. The number of carbonyl (C=O) groups is 2. The van der Waals surface area contributed by atoms with Gasteiger partial charge in [0.15, 0.2) is 0 Å². The second kappa shape index (κ2) is 13.9. The van der Waals surface area contributed by atoms with Crippen molar-refractivity contribution >= 4 is 12.1 Å². The number of esters is 1. The summed E-state index contributed by atoms with van der Waals surface area (Å²) in [7, 11) is 0. The first-order valence-electron chi connectivity index (χ1n) is 10.3. The highest BCUT2D eigenvalue weighted by atomic mass is 16.6. The van der Waals surface area contributed by atoms with Crippen LogP contribution in [0, 0.1) is 11.3 Å². The van der Waals surface area contributed by atoms with Crippen LogP contribution in [0.5, 0.6) is 0 Å². The number of rotatable bonds is 13. The van der Waals surface area contributed by atoms with Crippen LogP contribution in [0.1, 0.15) is 92.9 Å². The minimum atomic E-state index is -0.646. The van der Waals surface area contributed by atoms with Gasteiger partial charge in [0.2, 0.25) is 0 Å². The number of hydrogen-bond donors (Lipinski definition) is 1. The maximum Gasteiger partial charge on any atom is 0.407 e. The third-order valence-corrected chi connectivity index (χ3v) is 3.91. The average Bonchev–Trinajstić information content (AvgIpc) is 2.53. The zero-order valence-electron chi connectivity index (χ0n) is 17.9. The van der Waals surface area contributed by atoms with Crippen molar-refractivity contribution in [3.8, 4) is 0 Å². The normalized spacial score (nSPS) is 12.7. The van der Waals surface area contributed by atoms with Crippen molar-refractivity contribution in [1.29, 1.82) is 0 Å². The Morgan fingerprint density at radius 3 is 2.04 bits per heavy atom. The van der Waals surface area contributed by atoms with E-state index >= 15 is 0 Å². The molecule has 1 N–H and O–H groups in total. The van der Waals surface area contributed by atoms with E-state index in [-0.39, 0.29) is 17.3 Å². The second-order valence-electron chi connectivity index (χ2n) is 8.75. The van der Waals surface area contributed by atoms with E-state index in [0.29, 0.717) is 19.6 Å². The Hall–Kier alpha value is -1.26. The van der Waals surface area contributed by atoms with Gasteiger partial charge >= 0.3 is 12.1 Å². The predicted octanol–water partition coefficient (Wildman–Crippen LogP) is 5.47. The Kier molecular flexibility index (Phi) is 13.2. The molecule has 0 aromatic rings. The predicted molar refractivity (Wildman–Crippen MR) is 106 cm³/mol. The molecule has 0 aromatic carbocycles. The van der Waals surface area contributed by atoms with Gasteiger partial charge in [-0.05, 0) is 24.2 Å². The third kappa shape index (κ3) is 15.0. The highest BCUT2D eigenvalue weighted by Crippen LogP contribution is 2.13. The molecule has 1 unspecified atom stereocenters. The Morgan fingerprint density at radius 1 is 0.923 bits per heavy atom. The summed E-state index contributed by atoms with van der Waals surface area (Å²) in [6.07, 6.45) is 8.20. The third-order valence-electron chi connectivity index (χ3n) is 3.91. The zero-order chi connectivity index (χ0) is 20.0. The van der Waals surface area contributed by atoms with E-state index in [9.17, 15) is 9.59 Å². The fourth-order valence-electron chi connectivity index (χ4n) is 2.48. The van der Waals surface area contributed by atoms with Gasteiger partial charge < -0.3 is 14.8 Å². The van der Waals surface area contributed by atoms with Gasteiger partial charge in [0.05, 0.1) is 13.2 Å². The van der Waals surface area contributed by atoms with Crippen LogP contribution in [0.15, 0.2) is 0 Å². The van der Waals surface area contributed by atoms with Gasteiger partial charge in [0, 0.05) is 0 Å². The summed E-state index contributed by atoms with van der Waals surface area (Å²) < 4.78 is 10.6. The van der Waals surface area contributed by atoms with Crippen LogP contribution in [0.4, 0.5) is 4.79 Å². The van der Waals surface area contributed by atoms with Crippen molar-refractivity contribution in [1.82, 2.24) is 5.32 Å². The summed E-state index contributed by atoms with van der Waals surface area (Å²) in [5.74, 6) is -0.0913. The van der Waals surface area contributed by atoms with E-state index in [1.807, 2.05) is 34.6 Å². The van der Waals surface area contributed by atoms with Crippen LogP contribution in [-0.2, 0) is 14.3 Å². The number of amides is 1. The molecule has 5 nitrogen and oxygen atoms in total. The number of nitrogens with one attached hydrogen (secondary N) is 1. The first-order valence-corrected chi connectivity index (χ1v) is 10.3. The summed E-state index contributed by atoms with van der Waals surface area (Å²) in [4.78, 5) is 24.2. The van der Waals surface area contributed by atoms with Crippen molar-refractivity contribution in [3.05, 3.63) is 0 Å². The highest BCUT2D eigenvalue weighted by Gasteiger charge is 2.24. The van der Waals surface area contributed by atoms with E-state index in [0.717, 1.165) is 12.8 Å². The SMILES string of the molecule is CCCCCCCCCOC(=O)C(CC(C)C)NC(=O)OCC(C)(C)C. The van der Waals surface area contributed by atoms with E-state index < -0.39 is 12.1 Å². The standard InChI is InChI=1S/C21H41NO4/c1-7-8-9-10-11-12-13-14-25-19(23)18(15-17(2)3)22-20(24)26-16-21(4,5)6/h17-18H,7-16H2,1-6H3,(H,22,24). The minimum absolute atomic E-state index is 0.109. The molecule has 154 valence electrons. The van der Waals surface area contributed by atoms with Gasteiger partial charge in [-0.2, -0.15) is 0 Å². The number of ether oxygens (including phenoxy) is 2. The van der Waals surface area contributed by atoms with Crippen LogP contribution in [0.3, 0.4) is 0 Å². The van der Waals surface area contributed by atoms with E-state index in [1.54, 1.807) is 0 Å². The molecule has 0 heterocycles. The summed E-state index contributed by atoms with van der Waals surface area (Å²) >= 11 is 0. The van der Waals surface area contributed by atoms with Gasteiger partial charge in [0.1, 0.15) is 6.04 Å². The molecule has 0 aliphatic carbocycles. The lowest BCUT2D eigenvalue weighted by atomic mass is 9.99. The lowest BCUT2D eigenvalue weighted by molar-refractivity contribution is -0.146. The molecule has 0 aromatic heterocycles. The lowest BCUT2D eigenvalue weighted by Gasteiger charge is -2.22. The average molecular weight is 372 g/mol. The largest absolute Gasteiger partial charge is 0.464 e. The maximum absolute atomic E-state index is 12.3. The number of hydrogen-bond acceptors (Lipinski definition) is 4. The van der Waals surface area contributed by atoms with Gasteiger partial charge in [-0.15, -0.1) is 0 Å². The fraction of sp³-hybridized carbons (Fsp3) is 0.905. The van der Waals surface area contributed by atoms with Crippen LogP contribution in [-0.4, -0.2) is 31.3 Å². The molecule has 0 rings (SSSR count). The number of carbonyl (C=O) groups excluding carboxylic acids is 2. The second-order valence-corrected chi connectivity index (χ2v) is 8.75. The summed E-state index contributed by atoms with van der Waals surface area (Å²) in [6.45, 7) is 12.9. The maximum atomic E-state index is 12.3. The molecule has 5 heteroatoms. The molecular formula is C21H41NO4. The summed E-state index contributed by atoms with van der Waals surface area (Å²) in [6, 6.07) is -0.646. The first-order chi connectivity index (χ1) is 12.2. The van der Waals surface area contributed by atoms with Gasteiger partial charge in [-0.3, -0.25) is 0 Å². The number of unbranched alkanes of at least 4 members (excludes halogenated alkanes) is 6. The quantitative estimate of drug-likeness (QED) is 0.344. The van der Waals surface area contributed by atoms with E-state index in [4.69, 9.17) is 9.47 Å². The molecule has 0 spiro atoms. The molecule has 0 saturated heterocycles. The van der Waals surface area contributed by atoms with Crippen molar-refractivity contribution in [2.75, 3.05) is 13.2 Å². The molecule has 0 saturated carbocycles. The molecule has 26 heavy (non-hydrogen) atoms. The Morgan fingerprint density at radius 2 is 1.50 bits per heavy atom. The van der Waals surface area contributed by atoms with Crippen LogP contribution < -0.4 is 5.32 Å². The smallest absolute Gasteiger partial charge is 0.407 e. The highest BCUT2D eigenvalue weighted by molar-refractivity contribution is 5.81. The van der Waals surface area contributed by atoms with Crippen molar-refractivity contribution in [3.63, 3.8) is 0 Å². The summed E-state index contributed by atoms with van der Waals surface area (Å²) in [5.41, 5.74) is -0.109. The Labute approximate surface area is 160 Å². The topological polar surface area (TPSA) is 64.6 Å². The van der Waals surface area contributed by atoms with E-state index in [2.05, 4.69) is 12.2 Å². The Balaban J connectivity index is 4.16. The molecule has 0 aliphatic rings. The lowest BCUT2D eigenvalue weighted by Crippen LogP contribution is -2.43. The molecular weight excluding hydrogens is 330 g/mol. The molecule has 0 radical (unpaired) electrons. The van der Waals surface area contributed by atoms with E-state index in [1.165, 1.54) is 32.1 Å². The van der Waals surface area contributed by atoms with Gasteiger partial charge in [0.25, 0.3) is 0 Å². The van der Waals surface area contributed by atoms with Gasteiger partial charge in [-0.25, -0.2) is 9.59 Å². The molecule has 0 bridgehead atoms. The first kappa shape index (κ1) is 24.7. The van der Waals surface area contributed by atoms with Crippen molar-refractivity contribution in [2.45, 2.75) is 99.0 Å². The molecule has 0 fully saturated rings.